The van der Waals surface area contributed by atoms with E-state index in [4.69, 9.17) is 0 Å². The summed E-state index contributed by atoms with van der Waals surface area (Å²) in [4.78, 5) is 4.26. The van der Waals surface area contributed by atoms with Crippen LogP contribution in [0.1, 0.15) is 24.5 Å². The average Bonchev–Trinajstić information content (AvgIpc) is 2.58. The predicted molar refractivity (Wildman–Crippen MR) is 41.3 cm³/mol. The number of nitrogens with zero attached hydrogens (tertiary/aromatic N) is 1. The molecule has 1 aliphatic rings. The zero-order valence-electron chi connectivity index (χ0n) is 4.87. The van der Waals surface area contributed by atoms with Gasteiger partial charge in [-0.3, -0.25) is 0 Å². The van der Waals surface area contributed by atoms with Gasteiger partial charge in [0.2, 0.25) is 0 Å². The summed E-state index contributed by atoms with van der Waals surface area (Å²) in [7, 11) is 0. The van der Waals surface area contributed by atoms with E-state index in [1.165, 1.54) is 18.5 Å². The SMILES string of the molecule is Sc1nc(C2CC2)cs1. The van der Waals surface area contributed by atoms with Crippen molar-refractivity contribution in [2.45, 2.75) is 23.1 Å². The van der Waals surface area contributed by atoms with Crippen molar-refractivity contribution >= 4 is 24.0 Å². The number of aromatic nitrogens is 1. The minimum atomic E-state index is 0.780. The summed E-state index contributed by atoms with van der Waals surface area (Å²) in [5.74, 6) is 0.780. The molecule has 1 saturated carbocycles. The summed E-state index contributed by atoms with van der Waals surface area (Å²) in [6.45, 7) is 0. The monoisotopic (exact) mass is 157 g/mol. The van der Waals surface area contributed by atoms with Gasteiger partial charge >= 0.3 is 0 Å². The minimum absolute atomic E-state index is 0.780. The molecule has 3 heteroatoms. The standard InChI is InChI=1S/C6H7NS2/c8-6-7-5(3-9-6)4-1-2-4/h3-4H,1-2H2,(H,7,8). The van der Waals surface area contributed by atoms with Crippen molar-refractivity contribution in [1.29, 1.82) is 0 Å². The predicted octanol–water partition coefficient (Wildman–Crippen LogP) is 2.31. The highest BCUT2D eigenvalue weighted by molar-refractivity contribution is 7.82. The van der Waals surface area contributed by atoms with Gasteiger partial charge in [-0.2, -0.15) is 0 Å². The molecule has 0 amide bonds. The molecular weight excluding hydrogens is 150 g/mol. The van der Waals surface area contributed by atoms with Crippen LogP contribution in [0, 0.1) is 0 Å². The van der Waals surface area contributed by atoms with E-state index >= 15 is 0 Å². The fourth-order valence-corrected chi connectivity index (χ4v) is 1.75. The lowest BCUT2D eigenvalue weighted by atomic mass is 10.3. The zero-order valence-corrected chi connectivity index (χ0v) is 6.58. The van der Waals surface area contributed by atoms with Gasteiger partial charge in [0.25, 0.3) is 0 Å². The zero-order chi connectivity index (χ0) is 6.27. The summed E-state index contributed by atoms with van der Waals surface area (Å²) in [6, 6.07) is 0. The Morgan fingerprint density at radius 1 is 1.67 bits per heavy atom. The maximum atomic E-state index is 4.26. The van der Waals surface area contributed by atoms with Crippen molar-refractivity contribution in [2.24, 2.45) is 0 Å². The van der Waals surface area contributed by atoms with Gasteiger partial charge < -0.3 is 0 Å². The quantitative estimate of drug-likeness (QED) is 0.617. The highest BCUT2D eigenvalue weighted by atomic mass is 32.2. The first kappa shape index (κ1) is 5.74. The Bertz CT molecular complexity index is 215. The van der Waals surface area contributed by atoms with Gasteiger partial charge in [0, 0.05) is 11.3 Å². The second-order valence-corrected chi connectivity index (χ2v) is 3.91. The smallest absolute Gasteiger partial charge is 0.147 e. The van der Waals surface area contributed by atoms with E-state index in [0.717, 1.165) is 10.3 Å². The average molecular weight is 157 g/mol. The molecule has 1 nitrogen and oxygen atoms in total. The summed E-state index contributed by atoms with van der Waals surface area (Å²) in [5, 5.41) is 2.11. The lowest BCUT2D eigenvalue weighted by molar-refractivity contribution is 1.01. The molecule has 0 saturated heterocycles. The van der Waals surface area contributed by atoms with Gasteiger partial charge in [-0.05, 0) is 12.8 Å². The highest BCUT2D eigenvalue weighted by Crippen LogP contribution is 2.40. The van der Waals surface area contributed by atoms with Crippen LogP contribution < -0.4 is 0 Å². The molecule has 1 heterocycles. The van der Waals surface area contributed by atoms with Gasteiger partial charge in [-0.1, -0.05) is 0 Å². The lowest BCUT2D eigenvalue weighted by Gasteiger charge is -1.82. The van der Waals surface area contributed by atoms with E-state index in [1.54, 1.807) is 11.3 Å². The number of hydrogen-bond donors (Lipinski definition) is 1. The van der Waals surface area contributed by atoms with Crippen LogP contribution in [0.5, 0.6) is 0 Å². The maximum Gasteiger partial charge on any atom is 0.147 e. The van der Waals surface area contributed by atoms with Crippen LogP contribution in [-0.2, 0) is 0 Å². The van der Waals surface area contributed by atoms with E-state index in [1.807, 2.05) is 0 Å². The lowest BCUT2D eigenvalue weighted by Crippen LogP contribution is -1.74. The molecule has 0 unspecified atom stereocenters. The number of thiazole rings is 1. The molecule has 0 N–H and O–H groups in total. The summed E-state index contributed by atoms with van der Waals surface area (Å²) >= 11 is 5.76. The highest BCUT2D eigenvalue weighted by Gasteiger charge is 2.25. The molecule has 0 aliphatic heterocycles. The van der Waals surface area contributed by atoms with Crippen molar-refractivity contribution in [2.75, 3.05) is 0 Å². The Hall–Kier alpha value is -0.0200. The summed E-state index contributed by atoms with van der Waals surface area (Å²) in [5.41, 5.74) is 1.25. The van der Waals surface area contributed by atoms with Crippen molar-refractivity contribution in [3.63, 3.8) is 0 Å². The Labute approximate surface area is 63.5 Å². The molecule has 0 spiro atoms. The number of thiol groups is 1. The van der Waals surface area contributed by atoms with Gasteiger partial charge in [-0.25, -0.2) is 4.98 Å². The Morgan fingerprint density at radius 2 is 2.44 bits per heavy atom. The molecule has 48 valence electrons. The van der Waals surface area contributed by atoms with Crippen LogP contribution in [0.25, 0.3) is 0 Å². The molecule has 0 atom stereocenters. The van der Waals surface area contributed by atoms with Crippen LogP contribution >= 0.6 is 24.0 Å². The molecule has 1 fully saturated rings. The van der Waals surface area contributed by atoms with Crippen LogP contribution in [-0.4, -0.2) is 4.98 Å². The Morgan fingerprint density at radius 3 is 2.89 bits per heavy atom. The van der Waals surface area contributed by atoms with E-state index in [-0.39, 0.29) is 0 Å². The molecule has 1 aliphatic carbocycles. The van der Waals surface area contributed by atoms with Gasteiger partial charge in [-0.15, -0.1) is 24.0 Å². The van der Waals surface area contributed by atoms with Crippen molar-refractivity contribution < 1.29 is 0 Å². The first-order valence-corrected chi connectivity index (χ1v) is 4.33. The number of rotatable bonds is 1. The normalized spacial score (nSPS) is 18.3. The van der Waals surface area contributed by atoms with Crippen molar-refractivity contribution in [3.05, 3.63) is 11.1 Å². The second-order valence-electron chi connectivity index (χ2n) is 2.33. The van der Waals surface area contributed by atoms with Gasteiger partial charge in [0.1, 0.15) is 4.34 Å². The van der Waals surface area contributed by atoms with Gasteiger partial charge in [0.15, 0.2) is 0 Å². The van der Waals surface area contributed by atoms with Crippen molar-refractivity contribution in [1.82, 2.24) is 4.98 Å². The van der Waals surface area contributed by atoms with E-state index < -0.39 is 0 Å². The second kappa shape index (κ2) is 1.99. The van der Waals surface area contributed by atoms with E-state index in [9.17, 15) is 0 Å². The topological polar surface area (TPSA) is 12.9 Å². The van der Waals surface area contributed by atoms with Crippen LogP contribution in [0.3, 0.4) is 0 Å². The fraction of sp³-hybridized carbons (Fsp3) is 0.500. The Balaban J connectivity index is 2.28. The molecular formula is C6H7NS2. The van der Waals surface area contributed by atoms with Crippen LogP contribution in [0.15, 0.2) is 9.72 Å². The molecule has 9 heavy (non-hydrogen) atoms. The molecule has 0 radical (unpaired) electrons. The van der Waals surface area contributed by atoms with E-state index in [0.29, 0.717) is 0 Å². The summed E-state index contributed by atoms with van der Waals surface area (Å²) < 4.78 is 0.900. The molecule has 0 bridgehead atoms. The van der Waals surface area contributed by atoms with E-state index in [2.05, 4.69) is 23.0 Å². The van der Waals surface area contributed by atoms with Crippen molar-refractivity contribution in [3.8, 4) is 0 Å². The van der Waals surface area contributed by atoms with Crippen LogP contribution in [0.4, 0.5) is 0 Å². The van der Waals surface area contributed by atoms with Crippen LogP contribution in [0.2, 0.25) is 0 Å². The number of hydrogen-bond acceptors (Lipinski definition) is 3. The fourth-order valence-electron chi connectivity index (χ4n) is 0.843. The molecule has 0 aromatic carbocycles. The third-order valence-corrected chi connectivity index (χ3v) is 2.58. The first-order valence-electron chi connectivity index (χ1n) is 3.00. The third kappa shape index (κ3) is 1.12. The minimum Gasteiger partial charge on any atom is -0.235 e. The first-order chi connectivity index (χ1) is 4.36. The Kier molecular flexibility index (Phi) is 1.27. The molecule has 2 rings (SSSR count). The summed E-state index contributed by atoms with van der Waals surface area (Å²) in [6.07, 6.45) is 2.66. The molecule has 1 aromatic rings. The largest absolute Gasteiger partial charge is 0.235 e. The molecule has 1 aromatic heterocycles. The maximum absolute atomic E-state index is 4.26. The third-order valence-electron chi connectivity index (χ3n) is 1.51. The van der Waals surface area contributed by atoms with Gasteiger partial charge in [0.05, 0.1) is 5.69 Å².